The predicted molar refractivity (Wildman–Crippen MR) is 126 cm³/mol. The second kappa shape index (κ2) is 10.8. The fourth-order valence-electron chi connectivity index (χ4n) is 2.97. The van der Waals surface area contributed by atoms with Gasteiger partial charge < -0.3 is 9.47 Å². The molecular weight excluding hydrogens is 401 g/mol. The van der Waals surface area contributed by atoms with Crippen molar-refractivity contribution in [3.63, 3.8) is 0 Å². The third-order valence-corrected chi connectivity index (χ3v) is 7.88. The lowest BCUT2D eigenvalue weighted by molar-refractivity contribution is 0.0838. The Balaban J connectivity index is 0.00000155. The fraction of sp³-hybridized carbons (Fsp3) is 0.478. The summed E-state index contributed by atoms with van der Waals surface area (Å²) in [6.07, 6.45) is 6.37. The summed E-state index contributed by atoms with van der Waals surface area (Å²) in [5, 5.41) is 5.51. The number of nitrogens with zero attached hydrogens (tertiary/aromatic N) is 3. The SMILES string of the molecule is CC.CCS(C)(C)CCOCn1nc(C)c2cc(-c3c(F)cccc3OC)ncc21. The zero-order chi connectivity index (χ0) is 22.3. The number of halogens is 1. The number of aromatic nitrogens is 3. The van der Waals surface area contributed by atoms with E-state index in [1.165, 1.54) is 18.9 Å². The Bertz CT molecular complexity index is 972. The van der Waals surface area contributed by atoms with Gasteiger partial charge in [-0.05, 0) is 43.4 Å². The first-order valence-electron chi connectivity index (χ1n) is 10.3. The maximum absolute atomic E-state index is 14.4. The van der Waals surface area contributed by atoms with Gasteiger partial charge in [0.2, 0.25) is 0 Å². The molecule has 5 nitrogen and oxygen atoms in total. The average Bonchev–Trinajstić information content (AvgIpc) is 3.07. The number of fused-ring (bicyclic) bond motifs is 1. The van der Waals surface area contributed by atoms with Crippen LogP contribution >= 0.6 is 10.0 Å². The molecule has 0 radical (unpaired) electrons. The zero-order valence-corrected chi connectivity index (χ0v) is 20.0. The van der Waals surface area contributed by atoms with Crippen LogP contribution in [0.4, 0.5) is 4.39 Å². The van der Waals surface area contributed by atoms with Crippen molar-refractivity contribution < 1.29 is 13.9 Å². The number of hydrogen-bond donors (Lipinski definition) is 0. The summed E-state index contributed by atoms with van der Waals surface area (Å²) in [6, 6.07) is 6.62. The summed E-state index contributed by atoms with van der Waals surface area (Å²) < 4.78 is 27.4. The molecule has 0 saturated heterocycles. The second-order valence-electron chi connectivity index (χ2n) is 7.29. The van der Waals surface area contributed by atoms with Crippen LogP contribution in [0.2, 0.25) is 0 Å². The maximum atomic E-state index is 14.4. The molecule has 0 unspecified atom stereocenters. The molecular formula is C23H34FN3O2S. The van der Waals surface area contributed by atoms with Gasteiger partial charge in [0.25, 0.3) is 0 Å². The van der Waals surface area contributed by atoms with E-state index in [1.807, 2.05) is 31.5 Å². The van der Waals surface area contributed by atoms with E-state index in [1.54, 1.807) is 18.3 Å². The number of benzene rings is 1. The monoisotopic (exact) mass is 435 g/mol. The van der Waals surface area contributed by atoms with E-state index in [-0.39, 0.29) is 5.82 Å². The highest BCUT2D eigenvalue weighted by molar-refractivity contribution is 8.32. The Labute approximate surface area is 180 Å². The Morgan fingerprint density at radius 1 is 1.20 bits per heavy atom. The minimum atomic E-state index is -0.573. The Morgan fingerprint density at radius 2 is 1.93 bits per heavy atom. The molecule has 2 heterocycles. The zero-order valence-electron chi connectivity index (χ0n) is 19.2. The van der Waals surface area contributed by atoms with Crippen LogP contribution in [-0.2, 0) is 11.5 Å². The van der Waals surface area contributed by atoms with Crippen LogP contribution in [0.15, 0.2) is 30.5 Å². The largest absolute Gasteiger partial charge is 0.496 e. The van der Waals surface area contributed by atoms with Crippen LogP contribution in [0.25, 0.3) is 22.2 Å². The lowest BCUT2D eigenvalue weighted by Gasteiger charge is -2.29. The van der Waals surface area contributed by atoms with Crippen LogP contribution < -0.4 is 4.74 Å². The second-order valence-corrected chi connectivity index (χ2v) is 11.8. The number of pyridine rings is 1. The van der Waals surface area contributed by atoms with Crippen LogP contribution in [0.1, 0.15) is 26.5 Å². The number of methoxy groups -OCH3 is 1. The summed E-state index contributed by atoms with van der Waals surface area (Å²) in [5.74, 6) is 2.38. The minimum Gasteiger partial charge on any atom is -0.496 e. The predicted octanol–water partition coefficient (Wildman–Crippen LogP) is 5.64. The van der Waals surface area contributed by atoms with Gasteiger partial charge in [0.15, 0.2) is 0 Å². The fourth-order valence-corrected chi connectivity index (χ4v) is 3.83. The lowest BCUT2D eigenvalue weighted by Crippen LogP contribution is -2.12. The van der Waals surface area contributed by atoms with Gasteiger partial charge in [-0.1, -0.05) is 26.8 Å². The summed E-state index contributed by atoms with van der Waals surface area (Å²) in [7, 11) is 0.954. The molecule has 7 heteroatoms. The van der Waals surface area contributed by atoms with Crippen molar-refractivity contribution in [1.29, 1.82) is 0 Å². The molecule has 0 aliphatic rings. The third-order valence-electron chi connectivity index (χ3n) is 5.05. The first-order chi connectivity index (χ1) is 14.4. The van der Waals surface area contributed by atoms with Gasteiger partial charge in [0, 0.05) is 11.1 Å². The molecule has 0 fully saturated rings. The van der Waals surface area contributed by atoms with Crippen LogP contribution in [0, 0.1) is 12.7 Å². The molecule has 0 N–H and O–H groups in total. The van der Waals surface area contributed by atoms with Gasteiger partial charge in [-0.25, -0.2) is 19.1 Å². The van der Waals surface area contributed by atoms with Crippen molar-refractivity contribution in [2.75, 3.05) is 37.7 Å². The highest BCUT2D eigenvalue weighted by atomic mass is 32.3. The quantitative estimate of drug-likeness (QED) is 0.430. The standard InChI is InChI=1S/C21H28FN3O2S.C2H6/c1-6-28(4,5)11-10-27-14-25-19-13-23-18(12-16(19)15(2)24-25)21-17(22)8-7-9-20(21)26-3;1-2/h7-9,12-13H,6,10-11,14H2,1-5H3;1-2H3. The van der Waals surface area contributed by atoms with Gasteiger partial charge in [0.05, 0.1) is 42.4 Å². The maximum Gasteiger partial charge on any atom is 0.140 e. The van der Waals surface area contributed by atoms with Crippen molar-refractivity contribution in [2.45, 2.75) is 34.4 Å². The highest BCUT2D eigenvalue weighted by Gasteiger charge is 2.16. The van der Waals surface area contributed by atoms with Crippen LogP contribution in [0.3, 0.4) is 0 Å². The Kier molecular flexibility index (Phi) is 8.67. The molecule has 1 aromatic carbocycles. The molecule has 30 heavy (non-hydrogen) atoms. The molecule has 0 amide bonds. The van der Waals surface area contributed by atoms with Gasteiger partial charge in [-0.15, -0.1) is 0 Å². The van der Waals surface area contributed by atoms with E-state index in [4.69, 9.17) is 9.47 Å². The highest BCUT2D eigenvalue weighted by Crippen LogP contribution is 2.38. The molecule has 0 saturated carbocycles. The van der Waals surface area contributed by atoms with Gasteiger partial charge in [-0.3, -0.25) is 4.98 Å². The van der Waals surface area contributed by atoms with E-state index < -0.39 is 10.0 Å². The van der Waals surface area contributed by atoms with Gasteiger partial charge in [0.1, 0.15) is 18.3 Å². The normalized spacial score (nSPS) is 11.9. The topological polar surface area (TPSA) is 49.2 Å². The summed E-state index contributed by atoms with van der Waals surface area (Å²) in [6.45, 7) is 9.27. The first-order valence-corrected chi connectivity index (χ1v) is 13.1. The molecule has 0 bridgehead atoms. The summed E-state index contributed by atoms with van der Waals surface area (Å²) in [4.78, 5) is 4.47. The van der Waals surface area contributed by atoms with Crippen molar-refractivity contribution in [3.8, 4) is 17.0 Å². The molecule has 0 atom stereocenters. The summed E-state index contributed by atoms with van der Waals surface area (Å²) in [5.41, 5.74) is 2.62. The van der Waals surface area contributed by atoms with Gasteiger partial charge in [-0.2, -0.15) is 5.10 Å². The smallest absolute Gasteiger partial charge is 0.140 e. The van der Waals surface area contributed by atoms with E-state index in [9.17, 15) is 4.39 Å². The van der Waals surface area contributed by atoms with Crippen LogP contribution in [-0.4, -0.2) is 52.5 Å². The number of rotatable bonds is 8. The van der Waals surface area contributed by atoms with Crippen LogP contribution in [0.5, 0.6) is 5.75 Å². The van der Waals surface area contributed by atoms with Crippen molar-refractivity contribution in [2.24, 2.45) is 0 Å². The number of ether oxygens (including phenoxy) is 2. The van der Waals surface area contributed by atoms with Crippen molar-refractivity contribution in [1.82, 2.24) is 14.8 Å². The minimum absolute atomic E-state index is 0.361. The molecule has 0 aliphatic carbocycles. The third kappa shape index (κ3) is 5.52. The molecule has 3 rings (SSSR count). The molecule has 0 spiro atoms. The van der Waals surface area contributed by atoms with Crippen molar-refractivity contribution >= 4 is 20.9 Å². The summed E-state index contributed by atoms with van der Waals surface area (Å²) >= 11 is 0. The Morgan fingerprint density at radius 3 is 2.60 bits per heavy atom. The molecule has 3 aromatic rings. The van der Waals surface area contributed by atoms with Gasteiger partial charge >= 0.3 is 0 Å². The average molecular weight is 436 g/mol. The number of hydrogen-bond acceptors (Lipinski definition) is 4. The van der Waals surface area contributed by atoms with E-state index in [0.717, 1.165) is 22.3 Å². The first kappa shape index (κ1) is 24.2. The Hall–Kier alpha value is -2.12. The molecule has 2 aromatic heterocycles. The number of aryl methyl sites for hydroxylation is 1. The molecule has 0 aliphatic heterocycles. The molecule has 166 valence electrons. The lowest BCUT2D eigenvalue weighted by atomic mass is 10.1. The van der Waals surface area contributed by atoms with E-state index in [2.05, 4.69) is 29.5 Å². The van der Waals surface area contributed by atoms with E-state index in [0.29, 0.717) is 30.3 Å². The van der Waals surface area contributed by atoms with Crippen molar-refractivity contribution in [3.05, 3.63) is 42.0 Å². The van der Waals surface area contributed by atoms with E-state index >= 15 is 0 Å².